The molecule has 3 rings (SSSR count). The molecule has 0 bridgehead atoms. The van der Waals surface area contributed by atoms with Gasteiger partial charge in [0, 0.05) is 12.1 Å². The van der Waals surface area contributed by atoms with Crippen molar-refractivity contribution >= 4 is 23.6 Å². The predicted octanol–water partition coefficient (Wildman–Crippen LogP) is 3.60. The number of hydrogen-bond donors (Lipinski definition) is 2. The van der Waals surface area contributed by atoms with Gasteiger partial charge in [0.25, 0.3) is 5.91 Å². The first-order valence-electron chi connectivity index (χ1n) is 8.85. The van der Waals surface area contributed by atoms with Gasteiger partial charge in [-0.2, -0.15) is 0 Å². The number of benzene rings is 2. The van der Waals surface area contributed by atoms with Gasteiger partial charge >= 0.3 is 0 Å². The molecular formula is C21H22N2O4. The van der Waals surface area contributed by atoms with Crippen LogP contribution in [0.1, 0.15) is 36.2 Å². The van der Waals surface area contributed by atoms with Gasteiger partial charge in [0.15, 0.2) is 11.5 Å². The highest BCUT2D eigenvalue weighted by atomic mass is 16.7. The number of amides is 2. The summed E-state index contributed by atoms with van der Waals surface area (Å²) in [4.78, 5) is 24.7. The largest absolute Gasteiger partial charge is 0.454 e. The van der Waals surface area contributed by atoms with E-state index in [-0.39, 0.29) is 24.6 Å². The molecule has 2 aromatic carbocycles. The molecule has 0 spiro atoms. The Balaban J connectivity index is 1.68. The topological polar surface area (TPSA) is 76.7 Å². The summed E-state index contributed by atoms with van der Waals surface area (Å²) in [6.45, 7) is 4.14. The Bertz CT molecular complexity index is 876. The van der Waals surface area contributed by atoms with Gasteiger partial charge in [-0.15, -0.1) is 0 Å². The van der Waals surface area contributed by atoms with Crippen LogP contribution >= 0.6 is 0 Å². The number of rotatable bonds is 6. The van der Waals surface area contributed by atoms with E-state index in [1.807, 2.05) is 19.9 Å². The lowest BCUT2D eigenvalue weighted by molar-refractivity contribution is -0.111. The molecule has 0 saturated carbocycles. The molecule has 0 aliphatic carbocycles. The molecule has 0 fully saturated rings. The monoisotopic (exact) mass is 366 g/mol. The van der Waals surface area contributed by atoms with Crippen molar-refractivity contribution in [3.05, 3.63) is 59.7 Å². The fraction of sp³-hybridized carbons (Fsp3) is 0.238. The van der Waals surface area contributed by atoms with Crippen molar-refractivity contribution < 1.29 is 19.1 Å². The molecule has 2 aromatic rings. The van der Waals surface area contributed by atoms with E-state index in [1.54, 1.807) is 42.5 Å². The van der Waals surface area contributed by atoms with Crippen LogP contribution in [0.25, 0.3) is 6.08 Å². The van der Waals surface area contributed by atoms with E-state index in [0.29, 0.717) is 22.7 Å². The average molecular weight is 366 g/mol. The van der Waals surface area contributed by atoms with Crippen LogP contribution in [0, 0.1) is 0 Å². The Labute approximate surface area is 158 Å². The minimum Gasteiger partial charge on any atom is -0.454 e. The number of carbonyl (C=O) groups is 2. The summed E-state index contributed by atoms with van der Waals surface area (Å²) in [6.07, 6.45) is 3.93. The third kappa shape index (κ3) is 4.67. The third-order valence-electron chi connectivity index (χ3n) is 4.24. The van der Waals surface area contributed by atoms with Gasteiger partial charge in [-0.1, -0.05) is 25.1 Å². The van der Waals surface area contributed by atoms with E-state index in [0.717, 1.165) is 12.0 Å². The zero-order valence-electron chi connectivity index (χ0n) is 15.3. The SMILES string of the molecule is CCC(C)NC(=O)c1ccccc1NC(=O)C=Cc1ccc2c(c1)OCO2. The molecule has 140 valence electrons. The lowest BCUT2D eigenvalue weighted by Gasteiger charge is -2.14. The summed E-state index contributed by atoms with van der Waals surface area (Å²) >= 11 is 0. The van der Waals surface area contributed by atoms with Crippen LogP contribution in [0.15, 0.2) is 48.5 Å². The van der Waals surface area contributed by atoms with Gasteiger partial charge < -0.3 is 20.1 Å². The van der Waals surface area contributed by atoms with Crippen molar-refractivity contribution in [2.45, 2.75) is 26.3 Å². The summed E-state index contributed by atoms with van der Waals surface area (Å²) in [5.41, 5.74) is 1.72. The fourth-order valence-electron chi connectivity index (χ4n) is 2.56. The number of fused-ring (bicyclic) bond motifs is 1. The molecule has 1 atom stereocenters. The lowest BCUT2D eigenvalue weighted by atomic mass is 10.1. The van der Waals surface area contributed by atoms with Crippen LogP contribution in [0.3, 0.4) is 0 Å². The molecule has 27 heavy (non-hydrogen) atoms. The van der Waals surface area contributed by atoms with E-state index in [1.165, 1.54) is 6.08 Å². The van der Waals surface area contributed by atoms with Gasteiger partial charge in [0.2, 0.25) is 12.7 Å². The van der Waals surface area contributed by atoms with Crippen LogP contribution in [0.5, 0.6) is 11.5 Å². The fourth-order valence-corrected chi connectivity index (χ4v) is 2.56. The van der Waals surface area contributed by atoms with Gasteiger partial charge in [-0.25, -0.2) is 0 Å². The van der Waals surface area contributed by atoms with Crippen molar-refractivity contribution in [2.24, 2.45) is 0 Å². The zero-order valence-corrected chi connectivity index (χ0v) is 15.3. The zero-order chi connectivity index (χ0) is 19.2. The van der Waals surface area contributed by atoms with Crippen LogP contribution in [-0.2, 0) is 4.79 Å². The second-order valence-electron chi connectivity index (χ2n) is 6.26. The maximum atomic E-state index is 12.4. The van der Waals surface area contributed by atoms with Crippen LogP contribution in [0.4, 0.5) is 5.69 Å². The molecule has 2 N–H and O–H groups in total. The Morgan fingerprint density at radius 3 is 2.74 bits per heavy atom. The first-order valence-corrected chi connectivity index (χ1v) is 8.85. The number of hydrogen-bond acceptors (Lipinski definition) is 4. The van der Waals surface area contributed by atoms with Crippen LogP contribution in [-0.4, -0.2) is 24.6 Å². The Hall–Kier alpha value is -3.28. The smallest absolute Gasteiger partial charge is 0.253 e. The molecule has 1 unspecified atom stereocenters. The summed E-state index contributed by atoms with van der Waals surface area (Å²) in [5.74, 6) is 0.818. The number of ether oxygens (including phenoxy) is 2. The summed E-state index contributed by atoms with van der Waals surface area (Å²) in [6, 6.07) is 12.4. The molecule has 1 aliphatic rings. The van der Waals surface area contributed by atoms with Crippen molar-refractivity contribution in [2.75, 3.05) is 12.1 Å². The summed E-state index contributed by atoms with van der Waals surface area (Å²) in [7, 11) is 0. The normalized spacial score (nSPS) is 13.4. The number of nitrogens with one attached hydrogen (secondary N) is 2. The standard InChI is InChI=1S/C21H22N2O4/c1-3-14(2)22-21(25)16-6-4-5-7-17(16)23-20(24)11-9-15-8-10-18-19(12-15)27-13-26-18/h4-12,14H,3,13H2,1-2H3,(H,22,25)(H,23,24). The molecule has 6 nitrogen and oxygen atoms in total. The highest BCUT2D eigenvalue weighted by Gasteiger charge is 2.14. The van der Waals surface area contributed by atoms with Gasteiger partial charge in [-0.05, 0) is 49.2 Å². The van der Waals surface area contributed by atoms with Crippen molar-refractivity contribution in [1.29, 1.82) is 0 Å². The number of anilines is 1. The molecule has 1 aliphatic heterocycles. The molecule has 0 aromatic heterocycles. The number of para-hydroxylation sites is 1. The van der Waals surface area contributed by atoms with Crippen LogP contribution in [0.2, 0.25) is 0 Å². The average Bonchev–Trinajstić information content (AvgIpc) is 3.14. The Morgan fingerprint density at radius 2 is 1.93 bits per heavy atom. The first-order chi connectivity index (χ1) is 13.1. The van der Waals surface area contributed by atoms with Crippen molar-refractivity contribution in [1.82, 2.24) is 5.32 Å². The lowest BCUT2D eigenvalue weighted by Crippen LogP contribution is -2.32. The maximum Gasteiger partial charge on any atom is 0.253 e. The van der Waals surface area contributed by atoms with E-state index in [2.05, 4.69) is 10.6 Å². The van der Waals surface area contributed by atoms with Crippen LogP contribution < -0.4 is 20.1 Å². The Kier molecular flexibility index (Phi) is 5.76. The van der Waals surface area contributed by atoms with Gasteiger partial charge in [-0.3, -0.25) is 9.59 Å². The summed E-state index contributed by atoms with van der Waals surface area (Å²) in [5, 5.41) is 5.67. The van der Waals surface area contributed by atoms with Crippen molar-refractivity contribution in [3.8, 4) is 11.5 Å². The van der Waals surface area contributed by atoms with E-state index >= 15 is 0 Å². The quantitative estimate of drug-likeness (QED) is 0.766. The summed E-state index contributed by atoms with van der Waals surface area (Å²) < 4.78 is 10.6. The molecular weight excluding hydrogens is 344 g/mol. The van der Waals surface area contributed by atoms with Crippen molar-refractivity contribution in [3.63, 3.8) is 0 Å². The van der Waals surface area contributed by atoms with Gasteiger partial charge in [0.05, 0.1) is 11.3 Å². The highest BCUT2D eigenvalue weighted by molar-refractivity contribution is 6.07. The molecule has 2 amide bonds. The molecule has 0 saturated heterocycles. The predicted molar refractivity (Wildman–Crippen MR) is 104 cm³/mol. The number of carbonyl (C=O) groups excluding carboxylic acids is 2. The maximum absolute atomic E-state index is 12.4. The first kappa shape index (κ1) is 18.5. The molecule has 0 radical (unpaired) electrons. The van der Waals surface area contributed by atoms with Gasteiger partial charge in [0.1, 0.15) is 0 Å². The van der Waals surface area contributed by atoms with E-state index in [9.17, 15) is 9.59 Å². The second-order valence-corrected chi connectivity index (χ2v) is 6.26. The minimum absolute atomic E-state index is 0.0622. The molecule has 6 heteroatoms. The minimum atomic E-state index is -0.323. The second kappa shape index (κ2) is 8.40. The van der Waals surface area contributed by atoms with E-state index < -0.39 is 0 Å². The molecule has 1 heterocycles. The highest BCUT2D eigenvalue weighted by Crippen LogP contribution is 2.32. The Morgan fingerprint density at radius 1 is 1.15 bits per heavy atom. The third-order valence-corrected chi connectivity index (χ3v) is 4.24. The van der Waals surface area contributed by atoms with E-state index in [4.69, 9.17) is 9.47 Å².